The normalized spacial score (nSPS) is 16.1. The molecule has 0 spiro atoms. The van der Waals surface area contributed by atoms with Gasteiger partial charge in [-0.25, -0.2) is 4.98 Å². The van der Waals surface area contributed by atoms with Crippen molar-refractivity contribution in [2.45, 2.75) is 32.5 Å². The standard InChI is InChI=1S/C19H23F3N4OS/c1-13-24-15(11-28-13)10-26-8-6-14(7-9-26)18(27)25-17-5-3-2-4-16(17)23-12-19(20,21)22/h2-5,11,14,23H,6-10,12H2,1H3,(H,25,27). The second-order valence-electron chi connectivity index (χ2n) is 6.91. The van der Waals surface area contributed by atoms with Crippen LogP contribution >= 0.6 is 11.3 Å². The van der Waals surface area contributed by atoms with Crippen LogP contribution in [0.25, 0.3) is 0 Å². The Balaban J connectivity index is 1.52. The maximum absolute atomic E-state index is 12.6. The highest BCUT2D eigenvalue weighted by Crippen LogP contribution is 2.26. The second kappa shape index (κ2) is 8.91. The van der Waals surface area contributed by atoms with E-state index in [1.165, 1.54) is 6.07 Å². The molecule has 1 aromatic heterocycles. The number of likely N-dealkylation sites (tertiary alicyclic amines) is 1. The van der Waals surface area contributed by atoms with Gasteiger partial charge in [-0.15, -0.1) is 11.3 Å². The molecule has 1 aliphatic heterocycles. The van der Waals surface area contributed by atoms with Crippen molar-refractivity contribution in [3.8, 4) is 0 Å². The second-order valence-corrected chi connectivity index (χ2v) is 7.97. The minimum atomic E-state index is -4.32. The number of nitrogens with zero attached hydrogens (tertiary/aromatic N) is 2. The zero-order chi connectivity index (χ0) is 20.1. The number of alkyl halides is 3. The predicted molar refractivity (Wildman–Crippen MR) is 104 cm³/mol. The summed E-state index contributed by atoms with van der Waals surface area (Å²) in [6.45, 7) is 3.20. The van der Waals surface area contributed by atoms with Crippen LogP contribution in [0.1, 0.15) is 23.5 Å². The molecule has 0 saturated carbocycles. The van der Waals surface area contributed by atoms with E-state index in [-0.39, 0.29) is 17.5 Å². The van der Waals surface area contributed by atoms with E-state index in [9.17, 15) is 18.0 Å². The number of hydrogen-bond donors (Lipinski definition) is 2. The Labute approximate surface area is 166 Å². The Morgan fingerprint density at radius 2 is 1.93 bits per heavy atom. The van der Waals surface area contributed by atoms with Crippen molar-refractivity contribution < 1.29 is 18.0 Å². The summed E-state index contributed by atoms with van der Waals surface area (Å²) in [5.74, 6) is -0.297. The molecule has 2 heterocycles. The number of halogens is 3. The van der Waals surface area contributed by atoms with Crippen LogP contribution in [0.4, 0.5) is 24.5 Å². The number of rotatable bonds is 6. The minimum absolute atomic E-state index is 0.148. The van der Waals surface area contributed by atoms with E-state index in [0.29, 0.717) is 18.5 Å². The summed E-state index contributed by atoms with van der Waals surface area (Å²) in [6, 6.07) is 6.45. The molecule has 0 bridgehead atoms. The SMILES string of the molecule is Cc1nc(CN2CCC(C(=O)Nc3ccccc3NCC(F)(F)F)CC2)cs1. The summed E-state index contributed by atoms with van der Waals surface area (Å²) in [6.07, 6.45) is -2.89. The predicted octanol–water partition coefficient (Wildman–Crippen LogP) is 4.28. The van der Waals surface area contributed by atoms with Gasteiger partial charge in [0, 0.05) is 17.8 Å². The largest absolute Gasteiger partial charge is 0.405 e. The summed E-state index contributed by atoms with van der Waals surface area (Å²) < 4.78 is 37.4. The van der Waals surface area contributed by atoms with Crippen molar-refractivity contribution >= 4 is 28.6 Å². The summed E-state index contributed by atoms with van der Waals surface area (Å²) in [5.41, 5.74) is 1.69. The number of amides is 1. The Hall–Kier alpha value is -2.13. The topological polar surface area (TPSA) is 57.3 Å². The van der Waals surface area contributed by atoms with Gasteiger partial charge in [-0.3, -0.25) is 9.69 Å². The van der Waals surface area contributed by atoms with Crippen molar-refractivity contribution in [1.82, 2.24) is 9.88 Å². The number of aryl methyl sites for hydroxylation is 1. The lowest BCUT2D eigenvalue weighted by Gasteiger charge is -2.30. The van der Waals surface area contributed by atoms with Crippen LogP contribution in [-0.2, 0) is 11.3 Å². The number of thiazole rings is 1. The lowest BCUT2D eigenvalue weighted by Crippen LogP contribution is -2.38. The fourth-order valence-electron chi connectivity index (χ4n) is 3.24. The molecule has 1 aromatic carbocycles. The van der Waals surface area contributed by atoms with Crippen molar-refractivity contribution in [2.24, 2.45) is 5.92 Å². The van der Waals surface area contributed by atoms with Crippen LogP contribution in [0, 0.1) is 12.8 Å². The molecule has 0 radical (unpaired) electrons. The van der Waals surface area contributed by atoms with E-state index in [1.807, 2.05) is 6.92 Å². The average molecular weight is 412 g/mol. The smallest absolute Gasteiger partial charge is 0.375 e. The van der Waals surface area contributed by atoms with Gasteiger partial charge in [0.05, 0.1) is 22.1 Å². The van der Waals surface area contributed by atoms with E-state index < -0.39 is 12.7 Å². The number of nitrogens with one attached hydrogen (secondary N) is 2. The first-order chi connectivity index (χ1) is 13.3. The first-order valence-electron chi connectivity index (χ1n) is 9.14. The molecule has 2 aromatic rings. The van der Waals surface area contributed by atoms with E-state index in [0.717, 1.165) is 30.3 Å². The van der Waals surface area contributed by atoms with Gasteiger partial charge >= 0.3 is 6.18 Å². The van der Waals surface area contributed by atoms with Gasteiger partial charge < -0.3 is 10.6 Å². The summed E-state index contributed by atoms with van der Waals surface area (Å²) in [5, 5.41) is 8.23. The number of carbonyl (C=O) groups excluding carboxylic acids is 1. The number of para-hydroxylation sites is 2. The Kier molecular flexibility index (Phi) is 6.56. The summed E-state index contributed by atoms with van der Waals surface area (Å²) in [7, 11) is 0. The van der Waals surface area contributed by atoms with Gasteiger partial charge in [-0.2, -0.15) is 13.2 Å². The van der Waals surface area contributed by atoms with Crippen LogP contribution in [0.3, 0.4) is 0 Å². The highest BCUT2D eigenvalue weighted by Gasteiger charge is 2.28. The van der Waals surface area contributed by atoms with Gasteiger partial charge in [-0.05, 0) is 45.0 Å². The van der Waals surface area contributed by atoms with Crippen LogP contribution in [0.15, 0.2) is 29.6 Å². The number of aromatic nitrogens is 1. The van der Waals surface area contributed by atoms with E-state index in [1.54, 1.807) is 29.5 Å². The number of anilines is 2. The lowest BCUT2D eigenvalue weighted by molar-refractivity contribution is -0.121. The van der Waals surface area contributed by atoms with Crippen molar-refractivity contribution in [2.75, 3.05) is 30.3 Å². The summed E-state index contributed by atoms with van der Waals surface area (Å²) >= 11 is 1.63. The van der Waals surface area contributed by atoms with E-state index >= 15 is 0 Å². The molecule has 1 fully saturated rings. The zero-order valence-electron chi connectivity index (χ0n) is 15.6. The third-order valence-corrected chi connectivity index (χ3v) is 5.50. The molecule has 1 amide bonds. The van der Waals surface area contributed by atoms with Crippen LogP contribution < -0.4 is 10.6 Å². The third kappa shape index (κ3) is 5.93. The average Bonchev–Trinajstić information content (AvgIpc) is 3.05. The zero-order valence-corrected chi connectivity index (χ0v) is 16.4. The van der Waals surface area contributed by atoms with Gasteiger partial charge in [-0.1, -0.05) is 12.1 Å². The Morgan fingerprint density at radius 3 is 2.54 bits per heavy atom. The van der Waals surface area contributed by atoms with Gasteiger partial charge in [0.15, 0.2) is 0 Å². The minimum Gasteiger partial charge on any atom is -0.375 e. The molecule has 9 heteroatoms. The molecule has 3 rings (SSSR count). The number of carbonyl (C=O) groups is 1. The first-order valence-corrected chi connectivity index (χ1v) is 10.0. The molecule has 0 aliphatic carbocycles. The highest BCUT2D eigenvalue weighted by atomic mass is 32.1. The molecule has 1 aliphatic rings. The monoisotopic (exact) mass is 412 g/mol. The van der Waals surface area contributed by atoms with Crippen LogP contribution in [0.2, 0.25) is 0 Å². The fraction of sp³-hybridized carbons (Fsp3) is 0.474. The fourth-order valence-corrected chi connectivity index (χ4v) is 3.84. The van der Waals surface area contributed by atoms with Crippen molar-refractivity contribution in [3.63, 3.8) is 0 Å². The molecule has 28 heavy (non-hydrogen) atoms. The van der Waals surface area contributed by atoms with Crippen molar-refractivity contribution in [3.05, 3.63) is 40.3 Å². The lowest BCUT2D eigenvalue weighted by atomic mass is 9.95. The van der Waals surface area contributed by atoms with Gasteiger partial charge in [0.1, 0.15) is 6.54 Å². The first kappa shape index (κ1) is 20.6. The summed E-state index contributed by atoms with van der Waals surface area (Å²) in [4.78, 5) is 19.3. The molecular weight excluding hydrogens is 389 g/mol. The molecule has 0 unspecified atom stereocenters. The van der Waals surface area contributed by atoms with E-state index in [2.05, 4.69) is 25.9 Å². The van der Waals surface area contributed by atoms with Gasteiger partial charge in [0.25, 0.3) is 0 Å². The number of benzene rings is 1. The maximum Gasteiger partial charge on any atom is 0.405 e. The number of piperidine rings is 1. The van der Waals surface area contributed by atoms with Gasteiger partial charge in [0.2, 0.25) is 5.91 Å². The molecule has 0 atom stereocenters. The molecule has 5 nitrogen and oxygen atoms in total. The van der Waals surface area contributed by atoms with E-state index in [4.69, 9.17) is 0 Å². The highest BCUT2D eigenvalue weighted by molar-refractivity contribution is 7.09. The molecule has 2 N–H and O–H groups in total. The van der Waals surface area contributed by atoms with Crippen LogP contribution in [0.5, 0.6) is 0 Å². The Bertz CT molecular complexity index is 800. The Morgan fingerprint density at radius 1 is 1.25 bits per heavy atom. The molecular formula is C19H23F3N4OS. The number of hydrogen-bond acceptors (Lipinski definition) is 5. The molecule has 152 valence electrons. The maximum atomic E-state index is 12.6. The van der Waals surface area contributed by atoms with Crippen LogP contribution in [-0.4, -0.2) is 41.6 Å². The van der Waals surface area contributed by atoms with Crippen molar-refractivity contribution in [1.29, 1.82) is 0 Å². The third-order valence-electron chi connectivity index (χ3n) is 4.67. The quantitative estimate of drug-likeness (QED) is 0.744. The molecule has 1 saturated heterocycles.